The van der Waals surface area contributed by atoms with E-state index in [2.05, 4.69) is 4.90 Å². The molecule has 0 aliphatic carbocycles. The number of piperazine rings is 1. The second-order valence-electron chi connectivity index (χ2n) is 10.6. The van der Waals surface area contributed by atoms with Crippen molar-refractivity contribution in [2.45, 2.75) is 57.3 Å². The van der Waals surface area contributed by atoms with Crippen molar-refractivity contribution in [2.24, 2.45) is 0 Å². The molecule has 206 valence electrons. The van der Waals surface area contributed by atoms with Gasteiger partial charge in [0, 0.05) is 43.1 Å². The molecule has 1 fully saturated rings. The van der Waals surface area contributed by atoms with Gasteiger partial charge in [-0.05, 0) is 87.5 Å². The fourth-order valence-corrected chi connectivity index (χ4v) is 7.86. The van der Waals surface area contributed by atoms with E-state index in [1.54, 1.807) is 17.9 Å². The fraction of sp³-hybridized carbons (Fsp3) is 0.464. The van der Waals surface area contributed by atoms with Crippen LogP contribution in [0.5, 0.6) is 0 Å². The fourth-order valence-electron chi connectivity index (χ4n) is 4.51. The van der Waals surface area contributed by atoms with Crippen LogP contribution in [0.2, 0.25) is 0 Å². The third kappa shape index (κ3) is 6.07. The third-order valence-electron chi connectivity index (χ3n) is 6.53. The summed E-state index contributed by atoms with van der Waals surface area (Å²) in [5.74, 6) is -0.382. The van der Waals surface area contributed by atoms with E-state index < -0.39 is 15.6 Å². The maximum atomic E-state index is 13.9. The summed E-state index contributed by atoms with van der Waals surface area (Å²) in [5, 5.41) is 0.630. The molecule has 2 heterocycles. The van der Waals surface area contributed by atoms with Gasteiger partial charge < -0.3 is 14.5 Å². The number of ether oxygens (including phenoxy) is 1. The van der Waals surface area contributed by atoms with Crippen molar-refractivity contribution >= 4 is 48.9 Å². The van der Waals surface area contributed by atoms with Crippen molar-refractivity contribution in [3.05, 3.63) is 53.8 Å². The lowest BCUT2D eigenvalue weighted by molar-refractivity contribution is 0.0240. The van der Waals surface area contributed by atoms with Crippen LogP contribution < -0.4 is 9.21 Å². The number of fused-ring (bicyclic) bond motifs is 1. The third-order valence-corrected chi connectivity index (χ3v) is 10.2. The molecule has 1 saturated heterocycles. The Bertz CT molecular complexity index is 1390. The topological polar surface area (TPSA) is 70.2 Å². The number of amides is 1. The van der Waals surface area contributed by atoms with Crippen molar-refractivity contribution in [3.8, 4) is 0 Å². The van der Waals surface area contributed by atoms with Crippen molar-refractivity contribution in [1.82, 2.24) is 4.90 Å². The van der Waals surface area contributed by atoms with Gasteiger partial charge in [-0.2, -0.15) is 0 Å². The molecule has 1 aliphatic heterocycles. The Morgan fingerprint density at radius 1 is 1.08 bits per heavy atom. The molecule has 2 aromatic carbocycles. The van der Waals surface area contributed by atoms with Crippen LogP contribution in [0.4, 0.5) is 20.6 Å². The predicted octanol–water partition coefficient (Wildman–Crippen LogP) is 6.40. The van der Waals surface area contributed by atoms with Crippen LogP contribution in [0, 0.1) is 12.7 Å². The van der Waals surface area contributed by atoms with Gasteiger partial charge in [-0.15, -0.1) is 11.3 Å². The Hall–Kier alpha value is -2.85. The summed E-state index contributed by atoms with van der Waals surface area (Å²) >= 11 is 1.18. The first-order valence-electron chi connectivity index (χ1n) is 12.9. The van der Waals surface area contributed by atoms with E-state index in [0.717, 1.165) is 16.8 Å². The quantitative estimate of drug-likeness (QED) is 0.334. The van der Waals surface area contributed by atoms with Crippen LogP contribution in [0.1, 0.15) is 46.1 Å². The van der Waals surface area contributed by atoms with E-state index in [1.165, 1.54) is 27.8 Å². The Morgan fingerprint density at radius 2 is 1.74 bits per heavy atom. The first-order chi connectivity index (χ1) is 17.9. The molecule has 0 spiro atoms. The number of thiophene rings is 1. The summed E-state index contributed by atoms with van der Waals surface area (Å²) < 4.78 is 49.6. The summed E-state index contributed by atoms with van der Waals surface area (Å²) in [4.78, 5) is 16.3. The van der Waals surface area contributed by atoms with Gasteiger partial charge in [-0.3, -0.25) is 4.31 Å². The van der Waals surface area contributed by atoms with Crippen LogP contribution in [0.3, 0.4) is 0 Å². The lowest BCUT2D eigenvalue weighted by atomic mass is 10.2. The molecule has 1 aromatic heterocycles. The van der Waals surface area contributed by atoms with E-state index in [1.807, 2.05) is 52.0 Å². The molecule has 4 rings (SSSR count). The summed E-state index contributed by atoms with van der Waals surface area (Å²) in [6.07, 6.45) is 1.26. The summed E-state index contributed by atoms with van der Waals surface area (Å²) in [7, 11) is -3.84. The van der Waals surface area contributed by atoms with E-state index in [0.29, 0.717) is 55.8 Å². The van der Waals surface area contributed by atoms with Gasteiger partial charge in [0.15, 0.2) is 0 Å². The highest BCUT2D eigenvalue weighted by Gasteiger charge is 2.30. The zero-order chi connectivity index (χ0) is 27.7. The summed E-state index contributed by atoms with van der Waals surface area (Å²) in [5.41, 5.74) is 1.61. The highest BCUT2D eigenvalue weighted by molar-refractivity contribution is 7.95. The minimum absolute atomic E-state index is 0.247. The van der Waals surface area contributed by atoms with Crippen LogP contribution >= 0.6 is 11.3 Å². The van der Waals surface area contributed by atoms with Gasteiger partial charge >= 0.3 is 6.09 Å². The van der Waals surface area contributed by atoms with Gasteiger partial charge in [-0.1, -0.05) is 13.3 Å². The first kappa shape index (κ1) is 28.2. The number of hydrogen-bond donors (Lipinski definition) is 0. The molecular weight excluding hydrogens is 525 g/mol. The van der Waals surface area contributed by atoms with Gasteiger partial charge in [0.25, 0.3) is 10.0 Å². The zero-order valence-corrected chi connectivity index (χ0v) is 24.3. The Kier molecular flexibility index (Phi) is 8.23. The number of unbranched alkanes of at least 4 members (excludes halogenated alkanes) is 1. The number of anilines is 2. The number of rotatable bonds is 7. The molecule has 0 radical (unpaired) electrons. The zero-order valence-electron chi connectivity index (χ0n) is 22.7. The number of halogens is 1. The van der Waals surface area contributed by atoms with Crippen molar-refractivity contribution in [3.63, 3.8) is 0 Å². The van der Waals surface area contributed by atoms with E-state index in [4.69, 9.17) is 4.74 Å². The Morgan fingerprint density at radius 3 is 2.34 bits per heavy atom. The molecule has 10 heteroatoms. The highest BCUT2D eigenvalue weighted by atomic mass is 32.2. The molecular formula is C28H36FN3O4S2. The average Bonchev–Trinajstić information content (AvgIpc) is 3.20. The second kappa shape index (κ2) is 11.1. The smallest absolute Gasteiger partial charge is 0.410 e. The predicted molar refractivity (Wildman–Crippen MR) is 152 cm³/mol. The van der Waals surface area contributed by atoms with Gasteiger partial charge in [0.2, 0.25) is 0 Å². The van der Waals surface area contributed by atoms with Crippen LogP contribution in [0.15, 0.2) is 46.7 Å². The molecule has 1 aliphatic rings. The van der Waals surface area contributed by atoms with Gasteiger partial charge in [0.05, 0.1) is 5.69 Å². The second-order valence-corrected chi connectivity index (χ2v) is 13.7. The minimum atomic E-state index is -3.84. The molecule has 3 aromatic rings. The summed E-state index contributed by atoms with van der Waals surface area (Å²) in [6.45, 7) is 12.1. The molecule has 0 bridgehead atoms. The van der Waals surface area contributed by atoms with Crippen LogP contribution in [-0.2, 0) is 14.8 Å². The monoisotopic (exact) mass is 561 g/mol. The summed E-state index contributed by atoms with van der Waals surface area (Å²) in [6, 6.07) is 11.9. The molecule has 0 unspecified atom stereocenters. The van der Waals surface area contributed by atoms with Crippen molar-refractivity contribution in [2.75, 3.05) is 41.9 Å². The van der Waals surface area contributed by atoms with Gasteiger partial charge in [-0.25, -0.2) is 17.6 Å². The highest BCUT2D eigenvalue weighted by Crippen LogP contribution is 2.38. The lowest BCUT2D eigenvalue weighted by Gasteiger charge is -2.37. The lowest BCUT2D eigenvalue weighted by Crippen LogP contribution is -2.50. The molecule has 38 heavy (non-hydrogen) atoms. The number of benzene rings is 2. The van der Waals surface area contributed by atoms with E-state index in [-0.39, 0.29) is 16.1 Å². The normalized spacial score (nSPS) is 14.7. The largest absolute Gasteiger partial charge is 0.444 e. The number of hydrogen-bond acceptors (Lipinski definition) is 6. The van der Waals surface area contributed by atoms with Gasteiger partial charge in [0.1, 0.15) is 15.6 Å². The standard InChI is InChI=1S/C28H36FN3O4S2/c1-6-7-14-32(38(34,35)26-20(2)24-19-21(29)8-13-25(24)37-26)23-11-9-22(10-12-23)30-15-17-31(18-16-30)27(33)36-28(3,4)5/h8-13,19H,6-7,14-18H2,1-5H3. The molecule has 0 N–H and O–H groups in total. The Labute approximate surface area is 228 Å². The molecule has 0 saturated carbocycles. The van der Waals surface area contributed by atoms with E-state index in [9.17, 15) is 17.6 Å². The number of aryl methyl sites for hydroxylation is 1. The SMILES string of the molecule is CCCCN(c1ccc(N2CCN(C(=O)OC(C)(C)C)CC2)cc1)S(=O)(=O)c1sc2ccc(F)cc2c1C. The molecule has 7 nitrogen and oxygen atoms in total. The number of carbonyl (C=O) groups excluding carboxylic acids is 1. The number of nitrogens with zero attached hydrogens (tertiary/aromatic N) is 3. The molecule has 1 amide bonds. The Balaban J connectivity index is 1.54. The molecule has 0 atom stereocenters. The van der Waals surface area contributed by atoms with Crippen LogP contribution in [0.25, 0.3) is 10.1 Å². The maximum absolute atomic E-state index is 13.9. The average molecular weight is 562 g/mol. The maximum Gasteiger partial charge on any atom is 0.410 e. The first-order valence-corrected chi connectivity index (χ1v) is 15.2. The number of carbonyl (C=O) groups is 1. The van der Waals surface area contributed by atoms with E-state index >= 15 is 0 Å². The number of sulfonamides is 1. The van der Waals surface area contributed by atoms with Crippen molar-refractivity contribution < 1.29 is 22.3 Å². The minimum Gasteiger partial charge on any atom is -0.444 e. The van der Waals surface area contributed by atoms with Crippen LogP contribution in [-0.4, -0.2) is 57.7 Å². The van der Waals surface area contributed by atoms with Crippen molar-refractivity contribution in [1.29, 1.82) is 0 Å².